The van der Waals surface area contributed by atoms with Crippen molar-refractivity contribution in [2.75, 3.05) is 5.32 Å². The first-order valence-corrected chi connectivity index (χ1v) is 7.01. The molecule has 0 aliphatic carbocycles. The smallest absolute Gasteiger partial charge is 0.412 e. The van der Waals surface area contributed by atoms with Gasteiger partial charge >= 0.3 is 6.09 Å². The molecule has 0 aromatic heterocycles. The van der Waals surface area contributed by atoms with Gasteiger partial charge in [-0.2, -0.15) is 0 Å². The molecule has 1 aromatic carbocycles. The number of thioether (sulfide) groups is 1. The lowest BCUT2D eigenvalue weighted by Gasteiger charge is -2.20. The fourth-order valence-corrected chi connectivity index (χ4v) is 2.24. The van der Waals surface area contributed by atoms with E-state index in [0.717, 1.165) is 4.90 Å². The number of halogens is 1. The van der Waals surface area contributed by atoms with Crippen LogP contribution in [0.1, 0.15) is 34.6 Å². The van der Waals surface area contributed by atoms with Crippen LogP contribution in [0.2, 0.25) is 0 Å². The summed E-state index contributed by atoms with van der Waals surface area (Å²) in [5.41, 5.74) is -0.468. The van der Waals surface area contributed by atoms with Gasteiger partial charge in [-0.1, -0.05) is 13.8 Å². The van der Waals surface area contributed by atoms with E-state index in [0.29, 0.717) is 5.25 Å². The molecule has 19 heavy (non-hydrogen) atoms. The van der Waals surface area contributed by atoms with Crippen molar-refractivity contribution < 1.29 is 13.9 Å². The van der Waals surface area contributed by atoms with Gasteiger partial charge in [-0.3, -0.25) is 5.32 Å². The fraction of sp³-hybridized carbons (Fsp3) is 0.500. The van der Waals surface area contributed by atoms with Gasteiger partial charge in [0, 0.05) is 10.1 Å². The third-order valence-electron chi connectivity index (χ3n) is 1.95. The van der Waals surface area contributed by atoms with Crippen LogP contribution in [-0.4, -0.2) is 16.9 Å². The van der Waals surface area contributed by atoms with Gasteiger partial charge in [-0.15, -0.1) is 11.8 Å². The van der Waals surface area contributed by atoms with E-state index in [4.69, 9.17) is 4.74 Å². The van der Waals surface area contributed by atoms with E-state index in [1.807, 2.05) is 0 Å². The lowest BCUT2D eigenvalue weighted by Crippen LogP contribution is -2.27. The van der Waals surface area contributed by atoms with Gasteiger partial charge in [-0.25, -0.2) is 9.18 Å². The predicted molar refractivity (Wildman–Crippen MR) is 77.2 cm³/mol. The Morgan fingerprint density at radius 3 is 2.53 bits per heavy atom. The molecule has 0 aliphatic rings. The van der Waals surface area contributed by atoms with Crippen LogP contribution in [0.4, 0.5) is 14.9 Å². The second kappa shape index (κ2) is 6.28. The summed E-state index contributed by atoms with van der Waals surface area (Å²) in [5.74, 6) is -0.473. The van der Waals surface area contributed by atoms with E-state index >= 15 is 0 Å². The highest BCUT2D eigenvalue weighted by Crippen LogP contribution is 2.27. The minimum atomic E-state index is -0.655. The molecule has 1 amide bonds. The lowest BCUT2D eigenvalue weighted by molar-refractivity contribution is 0.0635. The maximum atomic E-state index is 13.6. The Morgan fingerprint density at radius 2 is 2.00 bits per heavy atom. The molecule has 1 N–H and O–H groups in total. The molecule has 0 aliphatic heterocycles. The Labute approximate surface area is 117 Å². The zero-order chi connectivity index (χ0) is 14.6. The highest BCUT2D eigenvalue weighted by atomic mass is 32.2. The molecule has 0 unspecified atom stereocenters. The molecule has 5 heteroatoms. The number of rotatable bonds is 3. The van der Waals surface area contributed by atoms with Gasteiger partial charge in [0.1, 0.15) is 11.4 Å². The molecule has 106 valence electrons. The van der Waals surface area contributed by atoms with Crippen LogP contribution in [0.15, 0.2) is 23.1 Å². The maximum absolute atomic E-state index is 13.6. The zero-order valence-electron chi connectivity index (χ0n) is 11.9. The van der Waals surface area contributed by atoms with Crippen molar-refractivity contribution in [1.82, 2.24) is 0 Å². The van der Waals surface area contributed by atoms with E-state index < -0.39 is 17.5 Å². The molecule has 0 atom stereocenters. The topological polar surface area (TPSA) is 38.3 Å². The van der Waals surface area contributed by atoms with Crippen LogP contribution in [-0.2, 0) is 4.74 Å². The van der Waals surface area contributed by atoms with Crippen LogP contribution in [0.5, 0.6) is 0 Å². The molecule has 0 saturated carbocycles. The molecular formula is C14H20FNO2S. The van der Waals surface area contributed by atoms with Gasteiger partial charge < -0.3 is 4.74 Å². The first kappa shape index (κ1) is 15.8. The van der Waals surface area contributed by atoms with Crippen LogP contribution >= 0.6 is 11.8 Å². The molecule has 0 spiro atoms. The summed E-state index contributed by atoms with van der Waals surface area (Å²) in [6.07, 6.45) is -0.655. The van der Waals surface area contributed by atoms with E-state index in [1.165, 1.54) is 6.07 Å². The van der Waals surface area contributed by atoms with Crippen LogP contribution < -0.4 is 5.32 Å². The summed E-state index contributed by atoms with van der Waals surface area (Å²) in [7, 11) is 0. The molecule has 1 aromatic rings. The van der Waals surface area contributed by atoms with Crippen molar-refractivity contribution in [2.24, 2.45) is 0 Å². The highest BCUT2D eigenvalue weighted by molar-refractivity contribution is 7.99. The number of hydrogen-bond donors (Lipinski definition) is 1. The zero-order valence-corrected chi connectivity index (χ0v) is 12.7. The van der Waals surface area contributed by atoms with Crippen LogP contribution in [0.3, 0.4) is 0 Å². The third-order valence-corrected chi connectivity index (χ3v) is 2.94. The summed E-state index contributed by atoms with van der Waals surface area (Å²) >= 11 is 1.60. The van der Waals surface area contributed by atoms with Gasteiger partial charge in [0.05, 0.1) is 5.69 Å². The van der Waals surface area contributed by atoms with Crippen molar-refractivity contribution in [2.45, 2.75) is 50.4 Å². The predicted octanol–water partition coefficient (Wildman–Crippen LogP) is 4.67. The van der Waals surface area contributed by atoms with Gasteiger partial charge in [0.2, 0.25) is 0 Å². The summed E-state index contributed by atoms with van der Waals surface area (Å²) in [5, 5.41) is 2.82. The number of anilines is 1. The minimum Gasteiger partial charge on any atom is -0.444 e. The van der Waals surface area contributed by atoms with Gasteiger partial charge in [-0.05, 0) is 39.0 Å². The van der Waals surface area contributed by atoms with Crippen molar-refractivity contribution >= 4 is 23.5 Å². The molecule has 3 nitrogen and oxygen atoms in total. The molecule has 0 heterocycles. The minimum absolute atomic E-state index is 0.139. The summed E-state index contributed by atoms with van der Waals surface area (Å²) in [4.78, 5) is 12.5. The first-order valence-electron chi connectivity index (χ1n) is 6.13. The van der Waals surface area contributed by atoms with E-state index in [2.05, 4.69) is 19.2 Å². The van der Waals surface area contributed by atoms with Crippen molar-refractivity contribution in [3.05, 3.63) is 24.0 Å². The van der Waals surface area contributed by atoms with Crippen LogP contribution in [0.25, 0.3) is 0 Å². The number of amides is 1. The SMILES string of the molecule is CC(C)Sc1ccc(F)c(NC(=O)OC(C)(C)C)c1. The average Bonchev–Trinajstić information content (AvgIpc) is 2.19. The van der Waals surface area contributed by atoms with Gasteiger partial charge in [0.15, 0.2) is 0 Å². The Hall–Kier alpha value is -1.23. The number of carbonyl (C=O) groups is 1. The molecular weight excluding hydrogens is 265 g/mol. The third kappa shape index (κ3) is 5.96. The molecule has 1 rings (SSSR count). The molecule has 0 bridgehead atoms. The average molecular weight is 285 g/mol. The number of carbonyl (C=O) groups excluding carboxylic acids is 1. The first-order chi connectivity index (χ1) is 8.67. The highest BCUT2D eigenvalue weighted by Gasteiger charge is 2.17. The summed E-state index contributed by atoms with van der Waals surface area (Å²) in [6.45, 7) is 9.37. The van der Waals surface area contributed by atoms with Crippen molar-refractivity contribution in [3.63, 3.8) is 0 Å². The Bertz CT molecular complexity index is 455. The lowest BCUT2D eigenvalue weighted by atomic mass is 10.2. The van der Waals surface area contributed by atoms with Crippen molar-refractivity contribution in [1.29, 1.82) is 0 Å². The largest absolute Gasteiger partial charge is 0.444 e. The number of nitrogens with one attached hydrogen (secondary N) is 1. The fourth-order valence-electron chi connectivity index (χ4n) is 1.36. The summed E-state index contributed by atoms with van der Waals surface area (Å²) in [6, 6.07) is 4.65. The monoisotopic (exact) mass is 285 g/mol. The normalized spacial score (nSPS) is 11.5. The van der Waals surface area contributed by atoms with Crippen molar-refractivity contribution in [3.8, 4) is 0 Å². The molecule has 0 fully saturated rings. The van der Waals surface area contributed by atoms with Gasteiger partial charge in [0.25, 0.3) is 0 Å². The second-order valence-corrected chi connectivity index (χ2v) is 7.09. The summed E-state index contributed by atoms with van der Waals surface area (Å²) < 4.78 is 18.7. The Kier molecular flexibility index (Phi) is 5.23. The van der Waals surface area contributed by atoms with E-state index in [1.54, 1.807) is 44.7 Å². The Morgan fingerprint density at radius 1 is 1.37 bits per heavy atom. The van der Waals surface area contributed by atoms with Crippen LogP contribution in [0, 0.1) is 5.82 Å². The van der Waals surface area contributed by atoms with E-state index in [-0.39, 0.29) is 5.69 Å². The number of benzene rings is 1. The quantitative estimate of drug-likeness (QED) is 0.820. The number of hydrogen-bond acceptors (Lipinski definition) is 3. The Balaban J connectivity index is 2.79. The standard InChI is InChI=1S/C14H20FNO2S/c1-9(2)19-10-6-7-11(15)12(8-10)16-13(17)18-14(3,4)5/h6-9H,1-5H3,(H,16,17). The number of ether oxygens (including phenoxy) is 1. The molecule has 0 saturated heterocycles. The maximum Gasteiger partial charge on any atom is 0.412 e. The van der Waals surface area contributed by atoms with E-state index in [9.17, 15) is 9.18 Å². The second-order valence-electron chi connectivity index (χ2n) is 5.44. The molecule has 0 radical (unpaired) electrons.